The predicted molar refractivity (Wildman–Crippen MR) is 121 cm³/mol. The number of aromatic nitrogens is 2. The number of hydrogen-bond acceptors (Lipinski definition) is 4. The molecule has 2 heterocycles. The van der Waals surface area contributed by atoms with Gasteiger partial charge in [0, 0.05) is 61.2 Å². The minimum absolute atomic E-state index is 0.404. The van der Waals surface area contributed by atoms with Crippen molar-refractivity contribution in [3.8, 4) is 11.1 Å². The molecule has 154 valence electrons. The molecule has 0 saturated heterocycles. The highest BCUT2D eigenvalue weighted by Gasteiger charge is 2.20. The van der Waals surface area contributed by atoms with E-state index in [2.05, 4.69) is 46.7 Å². The van der Waals surface area contributed by atoms with E-state index < -0.39 is 12.0 Å². The summed E-state index contributed by atoms with van der Waals surface area (Å²) < 4.78 is 0. The van der Waals surface area contributed by atoms with Crippen molar-refractivity contribution in [2.24, 2.45) is 4.99 Å². The van der Waals surface area contributed by atoms with Gasteiger partial charge in [-0.05, 0) is 31.1 Å². The van der Waals surface area contributed by atoms with Crippen LogP contribution in [0.15, 0.2) is 60.5 Å². The molecule has 0 saturated carbocycles. The Labute approximate surface area is 176 Å². The fourth-order valence-electron chi connectivity index (χ4n) is 3.12. The Kier molecular flexibility index (Phi) is 6.28. The zero-order valence-electron chi connectivity index (χ0n) is 17.7. The molecule has 0 aliphatic rings. The fourth-order valence-corrected chi connectivity index (χ4v) is 3.12. The average Bonchev–Trinajstić information content (AvgIpc) is 3.11. The van der Waals surface area contributed by atoms with Crippen LogP contribution < -0.4 is 0 Å². The first-order chi connectivity index (χ1) is 14.3. The Morgan fingerprint density at radius 1 is 1.27 bits per heavy atom. The van der Waals surface area contributed by atoms with Gasteiger partial charge in [0.05, 0.1) is 0 Å². The molecule has 1 unspecified atom stereocenters. The maximum atomic E-state index is 12.0. The van der Waals surface area contributed by atoms with Crippen LogP contribution in [-0.2, 0) is 4.79 Å². The first kappa shape index (κ1) is 21.2. The number of aromatic amines is 1. The topological polar surface area (TPSA) is 81.6 Å². The Bertz CT molecular complexity index is 1110. The molecule has 0 spiro atoms. The standard InChI is InChI=1S/C24H26N4O2/c1-15-7-6-8-18(9-15)21-14-27-23(17(21)3)26-11-16(2)19-10-20(13-25-12-19)22(29)24(30)28(4)5/h6-14,22,27,29H,2H2,1,3-5H3/b26-11-. The zero-order valence-corrected chi connectivity index (χ0v) is 17.7. The van der Waals surface area contributed by atoms with Gasteiger partial charge in [-0.1, -0.05) is 36.4 Å². The van der Waals surface area contributed by atoms with Crippen LogP contribution in [0.2, 0.25) is 0 Å². The normalized spacial score (nSPS) is 12.2. The number of H-pyrrole nitrogens is 1. The quantitative estimate of drug-likeness (QED) is 0.606. The lowest BCUT2D eigenvalue weighted by Crippen LogP contribution is -2.28. The average molecular weight is 402 g/mol. The molecule has 6 heteroatoms. The summed E-state index contributed by atoms with van der Waals surface area (Å²) in [6, 6.07) is 10.0. The molecule has 0 bridgehead atoms. The van der Waals surface area contributed by atoms with Crippen molar-refractivity contribution in [1.82, 2.24) is 14.9 Å². The number of aliphatic imine (C=N–C) groups is 1. The van der Waals surface area contributed by atoms with Crippen LogP contribution in [0.3, 0.4) is 0 Å². The first-order valence-electron chi connectivity index (χ1n) is 9.60. The second-order valence-corrected chi connectivity index (χ2v) is 7.47. The van der Waals surface area contributed by atoms with Crippen LogP contribution in [0.4, 0.5) is 5.82 Å². The number of nitrogens with one attached hydrogen (secondary N) is 1. The Morgan fingerprint density at radius 3 is 2.73 bits per heavy atom. The number of pyridine rings is 1. The number of likely N-dealkylation sites (N-methyl/N-ethyl adjacent to an activating group) is 1. The smallest absolute Gasteiger partial charge is 0.255 e. The lowest BCUT2D eigenvalue weighted by Gasteiger charge is -2.16. The highest BCUT2D eigenvalue weighted by atomic mass is 16.3. The number of aliphatic hydroxyl groups is 1. The van der Waals surface area contributed by atoms with E-state index >= 15 is 0 Å². The molecule has 6 nitrogen and oxygen atoms in total. The van der Waals surface area contributed by atoms with Crippen LogP contribution in [0, 0.1) is 13.8 Å². The van der Waals surface area contributed by atoms with E-state index in [1.165, 1.54) is 16.7 Å². The van der Waals surface area contributed by atoms with E-state index in [1.54, 1.807) is 32.6 Å². The Balaban J connectivity index is 1.80. The molecule has 0 aliphatic heterocycles. The largest absolute Gasteiger partial charge is 0.378 e. The van der Waals surface area contributed by atoms with Gasteiger partial charge in [-0.2, -0.15) is 0 Å². The molecule has 0 fully saturated rings. The highest BCUT2D eigenvalue weighted by molar-refractivity contribution is 6.09. The van der Waals surface area contributed by atoms with Gasteiger partial charge < -0.3 is 15.0 Å². The summed E-state index contributed by atoms with van der Waals surface area (Å²) >= 11 is 0. The summed E-state index contributed by atoms with van der Waals surface area (Å²) in [5.41, 5.74) is 6.21. The minimum atomic E-state index is -1.26. The van der Waals surface area contributed by atoms with Gasteiger partial charge in [-0.15, -0.1) is 0 Å². The van der Waals surface area contributed by atoms with Crippen molar-refractivity contribution < 1.29 is 9.90 Å². The number of carbonyl (C=O) groups excluding carboxylic acids is 1. The minimum Gasteiger partial charge on any atom is -0.378 e. The van der Waals surface area contributed by atoms with Gasteiger partial charge in [0.25, 0.3) is 5.91 Å². The maximum absolute atomic E-state index is 12.0. The van der Waals surface area contributed by atoms with E-state index in [0.29, 0.717) is 16.7 Å². The summed E-state index contributed by atoms with van der Waals surface area (Å²) in [4.78, 5) is 25.2. The van der Waals surface area contributed by atoms with Crippen LogP contribution in [0.1, 0.15) is 28.4 Å². The molecule has 1 amide bonds. The molecule has 0 aliphatic carbocycles. The van der Waals surface area contributed by atoms with Crippen molar-refractivity contribution in [2.75, 3.05) is 14.1 Å². The number of allylic oxidation sites excluding steroid dienone is 1. The number of hydrogen-bond donors (Lipinski definition) is 2. The molecule has 0 radical (unpaired) electrons. The monoisotopic (exact) mass is 402 g/mol. The lowest BCUT2D eigenvalue weighted by atomic mass is 10.0. The molecular formula is C24H26N4O2. The lowest BCUT2D eigenvalue weighted by molar-refractivity contribution is -0.137. The third-order valence-electron chi connectivity index (χ3n) is 4.91. The number of aryl methyl sites for hydroxylation is 1. The summed E-state index contributed by atoms with van der Waals surface area (Å²) in [6.07, 6.45) is 5.44. The molecule has 3 rings (SSSR count). The van der Waals surface area contributed by atoms with E-state index in [9.17, 15) is 9.90 Å². The number of amides is 1. The van der Waals surface area contributed by atoms with Crippen LogP contribution in [-0.4, -0.2) is 46.2 Å². The number of carbonyl (C=O) groups is 1. The van der Waals surface area contributed by atoms with E-state index in [0.717, 1.165) is 22.5 Å². The highest BCUT2D eigenvalue weighted by Crippen LogP contribution is 2.30. The number of rotatable bonds is 6. The summed E-state index contributed by atoms with van der Waals surface area (Å²) in [6.45, 7) is 8.14. The Morgan fingerprint density at radius 2 is 2.03 bits per heavy atom. The second-order valence-electron chi connectivity index (χ2n) is 7.47. The van der Waals surface area contributed by atoms with Crippen molar-refractivity contribution >= 4 is 23.5 Å². The third-order valence-corrected chi connectivity index (χ3v) is 4.91. The Hall–Kier alpha value is -3.51. The van der Waals surface area contributed by atoms with E-state index in [-0.39, 0.29) is 0 Å². The predicted octanol–water partition coefficient (Wildman–Crippen LogP) is 4.23. The van der Waals surface area contributed by atoms with Gasteiger partial charge >= 0.3 is 0 Å². The van der Waals surface area contributed by atoms with Crippen LogP contribution >= 0.6 is 0 Å². The second kappa shape index (κ2) is 8.88. The number of benzene rings is 1. The van der Waals surface area contributed by atoms with Gasteiger partial charge in [0.2, 0.25) is 0 Å². The van der Waals surface area contributed by atoms with Crippen LogP contribution in [0.5, 0.6) is 0 Å². The number of nitrogens with zero attached hydrogens (tertiary/aromatic N) is 3. The maximum Gasteiger partial charge on any atom is 0.255 e. The SMILES string of the molecule is C=C(/C=N\c1[nH]cc(-c2cccc(C)c2)c1C)c1cncc(C(O)C(=O)N(C)C)c1. The van der Waals surface area contributed by atoms with Crippen molar-refractivity contribution in [3.05, 3.63) is 77.8 Å². The van der Waals surface area contributed by atoms with Gasteiger partial charge in [-0.3, -0.25) is 9.78 Å². The summed E-state index contributed by atoms with van der Waals surface area (Å²) in [7, 11) is 3.19. The van der Waals surface area contributed by atoms with Gasteiger partial charge in [0.1, 0.15) is 5.82 Å². The van der Waals surface area contributed by atoms with Gasteiger partial charge in [-0.25, -0.2) is 4.99 Å². The fraction of sp³-hybridized carbons (Fsp3) is 0.208. The summed E-state index contributed by atoms with van der Waals surface area (Å²) in [5.74, 6) is 0.346. The molecule has 3 aromatic rings. The summed E-state index contributed by atoms with van der Waals surface area (Å²) in [5, 5.41) is 10.2. The van der Waals surface area contributed by atoms with Crippen molar-refractivity contribution in [3.63, 3.8) is 0 Å². The molecule has 30 heavy (non-hydrogen) atoms. The van der Waals surface area contributed by atoms with Gasteiger partial charge in [0.15, 0.2) is 6.10 Å². The third kappa shape index (κ3) is 4.55. The van der Waals surface area contributed by atoms with Crippen molar-refractivity contribution in [1.29, 1.82) is 0 Å². The molecule has 2 aromatic heterocycles. The molecule has 1 aromatic carbocycles. The molecular weight excluding hydrogens is 376 g/mol. The van der Waals surface area contributed by atoms with Crippen LogP contribution in [0.25, 0.3) is 16.7 Å². The zero-order chi connectivity index (χ0) is 21.8. The first-order valence-corrected chi connectivity index (χ1v) is 9.60. The molecule has 1 atom stereocenters. The van der Waals surface area contributed by atoms with Crippen molar-refractivity contribution in [2.45, 2.75) is 20.0 Å². The van der Waals surface area contributed by atoms with E-state index in [4.69, 9.17) is 0 Å². The number of aliphatic hydroxyl groups excluding tert-OH is 1. The molecule has 2 N–H and O–H groups in total. The van der Waals surface area contributed by atoms with E-state index in [1.807, 2.05) is 19.2 Å².